The average Bonchev–Trinajstić information content (AvgIpc) is 3.12. The van der Waals surface area contributed by atoms with Crippen LogP contribution in [0.4, 0.5) is 0 Å². The van der Waals surface area contributed by atoms with Crippen LogP contribution in [0.5, 0.6) is 0 Å². The van der Waals surface area contributed by atoms with Gasteiger partial charge in [0.2, 0.25) is 5.91 Å². The van der Waals surface area contributed by atoms with Gasteiger partial charge in [-0.25, -0.2) is 0 Å². The number of nitrogens with zero attached hydrogens (tertiary/aromatic N) is 2. The molecule has 178 valence electrons. The van der Waals surface area contributed by atoms with Gasteiger partial charge < -0.3 is 14.3 Å². The number of carbonyl (C=O) groups is 1. The lowest BCUT2D eigenvalue weighted by molar-refractivity contribution is -0.918. The predicted molar refractivity (Wildman–Crippen MR) is 125 cm³/mol. The molecule has 0 aromatic carbocycles. The van der Waals surface area contributed by atoms with Crippen molar-refractivity contribution in [2.75, 3.05) is 53.2 Å². The predicted octanol–water partition coefficient (Wildman–Crippen LogP) is 5.11. The molecule has 1 unspecified atom stereocenters. The maximum atomic E-state index is 11.9. The number of unbranched alkanes of at least 4 members (excludes halogenated alkanes) is 11. The molecule has 5 nitrogen and oxygen atoms in total. The summed E-state index contributed by atoms with van der Waals surface area (Å²) in [5.41, 5.74) is 0. The molecule has 30 heavy (non-hydrogen) atoms. The van der Waals surface area contributed by atoms with Gasteiger partial charge in [-0.15, -0.1) is 0 Å². The van der Waals surface area contributed by atoms with Gasteiger partial charge in [0.05, 0.1) is 26.8 Å². The van der Waals surface area contributed by atoms with E-state index in [1.165, 1.54) is 77.0 Å². The third kappa shape index (κ3) is 13.6. The van der Waals surface area contributed by atoms with E-state index in [9.17, 15) is 9.90 Å². The standard InChI is InChI=1S/C25H51N2O3/c1-3-4-5-6-7-8-9-10-11-12-13-14-22-30-23-16-19-27(2,20-21-28)24-26-18-15-17-25(26)29/h28H,3-24H2,1-2H3/q+1. The van der Waals surface area contributed by atoms with Crippen LogP contribution < -0.4 is 0 Å². The van der Waals surface area contributed by atoms with Crippen LogP contribution in [0.15, 0.2) is 0 Å². The van der Waals surface area contributed by atoms with Crippen LogP contribution in [0.1, 0.15) is 103 Å². The Morgan fingerprint density at radius 2 is 1.43 bits per heavy atom. The van der Waals surface area contributed by atoms with E-state index in [4.69, 9.17) is 4.74 Å². The zero-order chi connectivity index (χ0) is 21.9. The summed E-state index contributed by atoms with van der Waals surface area (Å²) in [5.74, 6) is 0.264. The number of hydrogen-bond acceptors (Lipinski definition) is 3. The van der Waals surface area contributed by atoms with Gasteiger partial charge in [-0.3, -0.25) is 9.69 Å². The Morgan fingerprint density at radius 1 is 0.867 bits per heavy atom. The van der Waals surface area contributed by atoms with Gasteiger partial charge >= 0.3 is 0 Å². The van der Waals surface area contributed by atoms with Crippen molar-refractivity contribution in [2.45, 2.75) is 103 Å². The second-order valence-corrected chi connectivity index (χ2v) is 9.55. The highest BCUT2D eigenvalue weighted by Gasteiger charge is 2.29. The minimum atomic E-state index is 0.165. The molecule has 0 radical (unpaired) electrons. The molecule has 1 rings (SSSR count). The van der Waals surface area contributed by atoms with Crippen molar-refractivity contribution in [2.24, 2.45) is 0 Å². The third-order valence-electron chi connectivity index (χ3n) is 6.45. The first-order valence-electron chi connectivity index (χ1n) is 12.9. The number of amides is 1. The lowest BCUT2D eigenvalue weighted by atomic mass is 10.1. The molecule has 1 atom stereocenters. The van der Waals surface area contributed by atoms with Crippen molar-refractivity contribution >= 4 is 5.91 Å². The maximum absolute atomic E-state index is 11.9. The van der Waals surface area contributed by atoms with Crippen molar-refractivity contribution < 1.29 is 19.1 Å². The van der Waals surface area contributed by atoms with E-state index in [0.29, 0.717) is 13.0 Å². The van der Waals surface area contributed by atoms with Gasteiger partial charge in [0.1, 0.15) is 6.54 Å². The van der Waals surface area contributed by atoms with Gasteiger partial charge in [-0.05, 0) is 12.8 Å². The molecule has 1 aliphatic rings. The normalized spacial score (nSPS) is 16.4. The SMILES string of the molecule is CCCCCCCCCCCCCCOCCC[N+](C)(CCO)CN1CCCC1=O. The minimum absolute atomic E-state index is 0.165. The summed E-state index contributed by atoms with van der Waals surface area (Å²) in [6.45, 7) is 7.33. The second kappa shape index (κ2) is 18.0. The van der Waals surface area contributed by atoms with Crippen LogP contribution in [0.25, 0.3) is 0 Å². The second-order valence-electron chi connectivity index (χ2n) is 9.55. The summed E-state index contributed by atoms with van der Waals surface area (Å²) in [6, 6.07) is 0. The molecule has 0 aliphatic carbocycles. The summed E-state index contributed by atoms with van der Waals surface area (Å²) in [6.07, 6.45) is 19.1. The van der Waals surface area contributed by atoms with Crippen LogP contribution in [0, 0.1) is 0 Å². The highest BCUT2D eigenvalue weighted by Crippen LogP contribution is 2.15. The van der Waals surface area contributed by atoms with E-state index in [2.05, 4.69) is 14.0 Å². The topological polar surface area (TPSA) is 49.8 Å². The summed E-state index contributed by atoms with van der Waals surface area (Å²) in [4.78, 5) is 13.9. The Hall–Kier alpha value is -0.650. The number of likely N-dealkylation sites (tertiary alicyclic amines) is 1. The quantitative estimate of drug-likeness (QED) is 0.204. The Kier molecular flexibility index (Phi) is 16.4. The number of rotatable bonds is 21. The molecule has 5 heteroatoms. The van der Waals surface area contributed by atoms with Gasteiger partial charge in [0, 0.05) is 26.0 Å². The molecule has 1 heterocycles. The van der Waals surface area contributed by atoms with E-state index in [0.717, 1.165) is 50.3 Å². The van der Waals surface area contributed by atoms with E-state index in [1.807, 2.05) is 4.90 Å². The fourth-order valence-corrected chi connectivity index (χ4v) is 4.46. The van der Waals surface area contributed by atoms with Crippen molar-refractivity contribution in [1.82, 2.24) is 4.90 Å². The zero-order valence-corrected chi connectivity index (χ0v) is 20.2. The van der Waals surface area contributed by atoms with Crippen LogP contribution in [0.2, 0.25) is 0 Å². The maximum Gasteiger partial charge on any atom is 0.226 e. The highest BCUT2D eigenvalue weighted by atomic mass is 16.5. The van der Waals surface area contributed by atoms with Gasteiger partial charge in [0.15, 0.2) is 6.67 Å². The first-order valence-corrected chi connectivity index (χ1v) is 12.9. The summed E-state index contributed by atoms with van der Waals surface area (Å²) < 4.78 is 6.56. The first kappa shape index (κ1) is 27.4. The molecule has 1 aliphatic heterocycles. The average molecular weight is 428 g/mol. The van der Waals surface area contributed by atoms with E-state index in [1.54, 1.807) is 0 Å². The van der Waals surface area contributed by atoms with Crippen LogP contribution in [-0.4, -0.2) is 73.6 Å². The molecule has 1 amide bonds. The van der Waals surface area contributed by atoms with E-state index < -0.39 is 0 Å². The molecule has 0 spiro atoms. The molecule has 0 bridgehead atoms. The Bertz CT molecular complexity index is 419. The summed E-state index contributed by atoms with van der Waals surface area (Å²) in [7, 11) is 2.15. The summed E-state index contributed by atoms with van der Waals surface area (Å²) >= 11 is 0. The lowest BCUT2D eigenvalue weighted by Crippen LogP contribution is -2.53. The first-order chi connectivity index (χ1) is 14.6. The van der Waals surface area contributed by atoms with Crippen molar-refractivity contribution in [3.63, 3.8) is 0 Å². The number of likely N-dealkylation sites (N-methyl/N-ethyl adjacent to an activating group) is 1. The lowest BCUT2D eigenvalue weighted by Gasteiger charge is -2.37. The Balaban J connectivity index is 1.92. The van der Waals surface area contributed by atoms with Gasteiger partial charge in [-0.2, -0.15) is 0 Å². The molecule has 1 saturated heterocycles. The van der Waals surface area contributed by atoms with Crippen LogP contribution >= 0.6 is 0 Å². The monoisotopic (exact) mass is 427 g/mol. The van der Waals surface area contributed by atoms with Crippen molar-refractivity contribution in [3.05, 3.63) is 0 Å². The molecular weight excluding hydrogens is 376 g/mol. The molecule has 0 aromatic rings. The minimum Gasteiger partial charge on any atom is -0.391 e. The Labute approximate surface area is 186 Å². The highest BCUT2D eigenvalue weighted by molar-refractivity contribution is 5.77. The number of hydrogen-bond donors (Lipinski definition) is 1. The number of aliphatic hydroxyl groups is 1. The van der Waals surface area contributed by atoms with Crippen LogP contribution in [-0.2, 0) is 9.53 Å². The van der Waals surface area contributed by atoms with Crippen molar-refractivity contribution in [3.8, 4) is 0 Å². The molecule has 1 N–H and O–H groups in total. The fourth-order valence-electron chi connectivity index (χ4n) is 4.46. The largest absolute Gasteiger partial charge is 0.391 e. The fraction of sp³-hybridized carbons (Fsp3) is 0.960. The number of quaternary nitrogens is 1. The number of aliphatic hydroxyl groups excluding tert-OH is 1. The molecule has 1 fully saturated rings. The van der Waals surface area contributed by atoms with Crippen molar-refractivity contribution in [1.29, 1.82) is 0 Å². The van der Waals surface area contributed by atoms with E-state index >= 15 is 0 Å². The zero-order valence-electron chi connectivity index (χ0n) is 20.2. The third-order valence-corrected chi connectivity index (χ3v) is 6.45. The molecule has 0 aromatic heterocycles. The van der Waals surface area contributed by atoms with Crippen LogP contribution in [0.3, 0.4) is 0 Å². The smallest absolute Gasteiger partial charge is 0.226 e. The number of carbonyl (C=O) groups excluding carboxylic acids is 1. The van der Waals surface area contributed by atoms with E-state index in [-0.39, 0.29) is 12.5 Å². The molecular formula is C25H51N2O3+. The van der Waals surface area contributed by atoms with Gasteiger partial charge in [0.25, 0.3) is 0 Å². The van der Waals surface area contributed by atoms with Gasteiger partial charge in [-0.1, -0.05) is 77.6 Å². The number of ether oxygens (including phenoxy) is 1. The Morgan fingerprint density at radius 3 is 1.97 bits per heavy atom. The molecule has 0 saturated carbocycles. The summed E-state index contributed by atoms with van der Waals surface area (Å²) in [5, 5.41) is 9.43.